The molecule has 0 aliphatic rings. The molecule has 0 spiro atoms. The molecule has 37 heavy (non-hydrogen) atoms. The minimum atomic E-state index is -0.928. The van der Waals surface area contributed by atoms with E-state index in [0.717, 1.165) is 5.56 Å². The van der Waals surface area contributed by atoms with Crippen LogP contribution in [-0.4, -0.2) is 44.8 Å². The Morgan fingerprint density at radius 2 is 1.62 bits per heavy atom. The SMILES string of the molecule is COc1ccc(NC(=O)COc2c(/C=N\NC(=O)C(=O)N[C@H](C)c3ccccc3)cccc2OC)cc1. The van der Waals surface area contributed by atoms with Crippen molar-refractivity contribution >= 4 is 29.6 Å². The lowest BCUT2D eigenvalue weighted by molar-refractivity contribution is -0.139. The third kappa shape index (κ3) is 7.82. The van der Waals surface area contributed by atoms with E-state index in [1.54, 1.807) is 56.5 Å². The van der Waals surface area contributed by atoms with Crippen LogP contribution in [0.1, 0.15) is 24.1 Å². The topological polar surface area (TPSA) is 127 Å². The fraction of sp³-hybridized carbons (Fsp3) is 0.185. The zero-order valence-corrected chi connectivity index (χ0v) is 20.7. The van der Waals surface area contributed by atoms with Crippen LogP contribution in [0.2, 0.25) is 0 Å². The van der Waals surface area contributed by atoms with Crippen molar-refractivity contribution in [3.05, 3.63) is 83.9 Å². The summed E-state index contributed by atoms with van der Waals surface area (Å²) in [4.78, 5) is 36.8. The number of amides is 3. The summed E-state index contributed by atoms with van der Waals surface area (Å²) in [6.07, 6.45) is 1.30. The van der Waals surface area contributed by atoms with Gasteiger partial charge in [0.2, 0.25) is 0 Å². The lowest BCUT2D eigenvalue weighted by atomic mass is 10.1. The molecule has 0 aliphatic heterocycles. The van der Waals surface area contributed by atoms with Crippen LogP contribution in [0, 0.1) is 0 Å². The van der Waals surface area contributed by atoms with Crippen LogP contribution in [0.3, 0.4) is 0 Å². The quantitative estimate of drug-likeness (QED) is 0.221. The van der Waals surface area contributed by atoms with E-state index in [1.165, 1.54) is 13.3 Å². The first kappa shape index (κ1) is 26.7. The molecule has 0 aromatic heterocycles. The molecule has 10 heteroatoms. The number of ether oxygens (including phenoxy) is 3. The Bertz CT molecular complexity index is 1250. The average molecular weight is 505 g/mol. The Labute approximate surface area is 214 Å². The van der Waals surface area contributed by atoms with Gasteiger partial charge in [0.15, 0.2) is 18.1 Å². The van der Waals surface area contributed by atoms with Gasteiger partial charge in [-0.1, -0.05) is 36.4 Å². The Hall–Kier alpha value is -4.86. The summed E-state index contributed by atoms with van der Waals surface area (Å²) in [6.45, 7) is 1.47. The summed E-state index contributed by atoms with van der Waals surface area (Å²) in [5, 5.41) is 9.19. The van der Waals surface area contributed by atoms with Gasteiger partial charge in [-0.25, -0.2) is 5.43 Å². The monoisotopic (exact) mass is 504 g/mol. The number of hydrogen-bond acceptors (Lipinski definition) is 7. The van der Waals surface area contributed by atoms with Crippen LogP contribution in [0.25, 0.3) is 0 Å². The molecule has 0 saturated carbocycles. The predicted molar refractivity (Wildman–Crippen MR) is 139 cm³/mol. The van der Waals surface area contributed by atoms with Crippen molar-refractivity contribution in [3.8, 4) is 17.2 Å². The highest BCUT2D eigenvalue weighted by atomic mass is 16.5. The third-order valence-electron chi connectivity index (χ3n) is 5.17. The number of para-hydroxylation sites is 1. The zero-order valence-electron chi connectivity index (χ0n) is 20.7. The molecule has 192 valence electrons. The summed E-state index contributed by atoms with van der Waals surface area (Å²) in [5.41, 5.74) is 4.06. The van der Waals surface area contributed by atoms with Crippen LogP contribution in [-0.2, 0) is 14.4 Å². The molecule has 0 fully saturated rings. The smallest absolute Gasteiger partial charge is 0.329 e. The largest absolute Gasteiger partial charge is 0.497 e. The van der Waals surface area contributed by atoms with Gasteiger partial charge in [0, 0.05) is 11.3 Å². The molecule has 10 nitrogen and oxygen atoms in total. The Morgan fingerprint density at radius 3 is 2.30 bits per heavy atom. The van der Waals surface area contributed by atoms with E-state index in [1.807, 2.05) is 30.3 Å². The molecule has 3 aromatic rings. The molecular formula is C27H28N4O6. The molecule has 0 unspecified atom stereocenters. The van der Waals surface area contributed by atoms with Crippen LogP contribution in [0.4, 0.5) is 5.69 Å². The predicted octanol–water partition coefficient (Wildman–Crippen LogP) is 3.05. The second-order valence-corrected chi connectivity index (χ2v) is 7.75. The maximum absolute atomic E-state index is 12.4. The molecule has 3 N–H and O–H groups in total. The number of carbonyl (C=O) groups excluding carboxylic acids is 3. The van der Waals surface area contributed by atoms with Crippen molar-refractivity contribution in [2.45, 2.75) is 13.0 Å². The van der Waals surface area contributed by atoms with Crippen LogP contribution in [0.5, 0.6) is 17.2 Å². The molecule has 0 saturated heterocycles. The molecule has 0 heterocycles. The minimum absolute atomic E-state index is 0.245. The number of rotatable bonds is 10. The number of carbonyl (C=O) groups is 3. The van der Waals surface area contributed by atoms with Crippen molar-refractivity contribution in [2.75, 3.05) is 26.1 Å². The second-order valence-electron chi connectivity index (χ2n) is 7.75. The lowest BCUT2D eigenvalue weighted by Gasteiger charge is -2.14. The fourth-order valence-corrected chi connectivity index (χ4v) is 3.26. The van der Waals surface area contributed by atoms with Crippen LogP contribution >= 0.6 is 0 Å². The summed E-state index contributed by atoms with van der Waals surface area (Å²) in [5.74, 6) is -0.870. The first-order valence-electron chi connectivity index (χ1n) is 11.3. The van der Waals surface area contributed by atoms with E-state index in [4.69, 9.17) is 14.2 Å². The van der Waals surface area contributed by atoms with Gasteiger partial charge in [-0.2, -0.15) is 5.10 Å². The van der Waals surface area contributed by atoms with E-state index in [2.05, 4.69) is 21.2 Å². The highest BCUT2D eigenvalue weighted by molar-refractivity contribution is 6.35. The van der Waals surface area contributed by atoms with E-state index in [9.17, 15) is 14.4 Å². The highest BCUT2D eigenvalue weighted by Gasteiger charge is 2.17. The molecule has 3 rings (SSSR count). The first-order chi connectivity index (χ1) is 17.9. The molecule has 3 aromatic carbocycles. The number of hydrogen-bond donors (Lipinski definition) is 3. The van der Waals surface area contributed by atoms with Gasteiger partial charge in [0.25, 0.3) is 5.91 Å². The second kappa shape index (κ2) is 13.3. The maximum Gasteiger partial charge on any atom is 0.329 e. The van der Waals surface area contributed by atoms with E-state index in [0.29, 0.717) is 22.7 Å². The van der Waals surface area contributed by atoms with Crippen LogP contribution in [0.15, 0.2) is 77.9 Å². The normalized spacial score (nSPS) is 11.3. The van der Waals surface area contributed by atoms with Crippen molar-refractivity contribution in [3.63, 3.8) is 0 Å². The number of nitrogens with one attached hydrogen (secondary N) is 3. The van der Waals surface area contributed by atoms with Gasteiger partial charge in [-0.15, -0.1) is 0 Å². The van der Waals surface area contributed by atoms with E-state index < -0.39 is 17.7 Å². The summed E-state index contributed by atoms with van der Waals surface area (Å²) >= 11 is 0. The molecule has 0 aliphatic carbocycles. The number of methoxy groups -OCH3 is 2. The summed E-state index contributed by atoms with van der Waals surface area (Å²) in [6, 6.07) is 20.8. The highest BCUT2D eigenvalue weighted by Crippen LogP contribution is 2.30. The van der Waals surface area contributed by atoms with Gasteiger partial charge in [-0.05, 0) is 48.9 Å². The average Bonchev–Trinajstić information content (AvgIpc) is 2.92. The zero-order chi connectivity index (χ0) is 26.6. The maximum atomic E-state index is 12.4. The van der Waals surface area contributed by atoms with Crippen molar-refractivity contribution in [2.24, 2.45) is 5.10 Å². The molecule has 3 amide bonds. The molecule has 0 radical (unpaired) electrons. The summed E-state index contributed by atoms with van der Waals surface area (Å²) < 4.78 is 16.1. The van der Waals surface area contributed by atoms with Gasteiger partial charge in [-0.3, -0.25) is 14.4 Å². The van der Waals surface area contributed by atoms with E-state index >= 15 is 0 Å². The Balaban J connectivity index is 1.59. The molecule has 1 atom stereocenters. The van der Waals surface area contributed by atoms with E-state index in [-0.39, 0.29) is 18.4 Å². The minimum Gasteiger partial charge on any atom is -0.497 e. The Morgan fingerprint density at radius 1 is 0.892 bits per heavy atom. The fourth-order valence-electron chi connectivity index (χ4n) is 3.26. The summed E-state index contributed by atoms with van der Waals surface area (Å²) in [7, 11) is 3.02. The van der Waals surface area contributed by atoms with Gasteiger partial charge < -0.3 is 24.8 Å². The van der Waals surface area contributed by atoms with Crippen molar-refractivity contribution in [1.29, 1.82) is 0 Å². The number of benzene rings is 3. The first-order valence-corrected chi connectivity index (χ1v) is 11.3. The molecule has 0 bridgehead atoms. The molecular weight excluding hydrogens is 476 g/mol. The van der Waals surface area contributed by atoms with Crippen molar-refractivity contribution < 1.29 is 28.6 Å². The lowest BCUT2D eigenvalue weighted by Crippen LogP contribution is -2.39. The standard InChI is InChI=1S/C27H28N4O6/c1-18(19-8-5-4-6-9-19)29-26(33)27(34)31-28-16-20-10-7-11-23(36-3)25(20)37-17-24(32)30-21-12-14-22(35-2)15-13-21/h4-16,18H,17H2,1-3H3,(H,29,33)(H,30,32)(H,31,34)/b28-16-/t18-/m1/s1. The number of nitrogens with zero attached hydrogens (tertiary/aromatic N) is 1. The van der Waals surface area contributed by atoms with Crippen molar-refractivity contribution in [1.82, 2.24) is 10.7 Å². The van der Waals surface area contributed by atoms with Gasteiger partial charge >= 0.3 is 11.8 Å². The van der Waals surface area contributed by atoms with Crippen LogP contribution < -0.4 is 30.3 Å². The number of anilines is 1. The number of hydrazone groups is 1. The Kier molecular flexibility index (Phi) is 9.60. The van der Waals surface area contributed by atoms with Gasteiger partial charge in [0.05, 0.1) is 26.5 Å². The van der Waals surface area contributed by atoms with Gasteiger partial charge in [0.1, 0.15) is 5.75 Å². The third-order valence-corrected chi connectivity index (χ3v) is 5.17.